The maximum Gasteiger partial charge on any atom is 0.257 e. The van der Waals surface area contributed by atoms with Crippen molar-refractivity contribution in [2.45, 2.75) is 11.5 Å². The molecular weight excluding hydrogens is 346 g/mol. The van der Waals surface area contributed by atoms with Crippen LogP contribution in [-0.4, -0.2) is 10.9 Å². The summed E-state index contributed by atoms with van der Waals surface area (Å²) in [6, 6.07) is 12.1. The van der Waals surface area contributed by atoms with Crippen molar-refractivity contribution in [3.05, 3.63) is 71.9 Å². The number of hydrogen-bond acceptors (Lipinski definition) is 5. The largest absolute Gasteiger partial charge is 0.444 e. The lowest BCUT2D eigenvalue weighted by atomic mass is 10.0. The van der Waals surface area contributed by atoms with Crippen LogP contribution in [0.4, 0.5) is 11.4 Å². The molecule has 2 aliphatic heterocycles. The molecule has 2 aliphatic rings. The second-order valence-corrected chi connectivity index (χ2v) is 7.24. The molecule has 0 bridgehead atoms. The van der Waals surface area contributed by atoms with Gasteiger partial charge in [0.15, 0.2) is 12.2 Å². The van der Waals surface area contributed by atoms with E-state index in [1.54, 1.807) is 12.4 Å². The first-order chi connectivity index (χ1) is 12.8. The summed E-state index contributed by atoms with van der Waals surface area (Å²) in [5.74, 6) is 2.69. The Morgan fingerprint density at radius 3 is 2.96 bits per heavy atom. The van der Waals surface area contributed by atoms with Gasteiger partial charge in [-0.15, -0.1) is 0 Å². The van der Waals surface area contributed by atoms with Crippen molar-refractivity contribution in [1.82, 2.24) is 4.98 Å². The van der Waals surface area contributed by atoms with Crippen LogP contribution in [0.5, 0.6) is 0 Å². The third-order valence-electron chi connectivity index (χ3n) is 4.62. The van der Waals surface area contributed by atoms with E-state index in [9.17, 15) is 4.79 Å². The van der Waals surface area contributed by atoms with Gasteiger partial charge in [-0.2, -0.15) is 11.8 Å². The summed E-state index contributed by atoms with van der Waals surface area (Å²) >= 11 is 1.93. The van der Waals surface area contributed by atoms with Crippen molar-refractivity contribution in [3.8, 4) is 11.3 Å². The smallest absolute Gasteiger partial charge is 0.257 e. The van der Waals surface area contributed by atoms with Crippen LogP contribution in [0.3, 0.4) is 0 Å². The first kappa shape index (κ1) is 15.3. The van der Waals surface area contributed by atoms with Crippen LogP contribution >= 0.6 is 11.8 Å². The molecule has 0 saturated heterocycles. The molecule has 3 aromatic rings. The van der Waals surface area contributed by atoms with Crippen LogP contribution in [0.1, 0.15) is 16.7 Å². The zero-order valence-electron chi connectivity index (χ0n) is 13.8. The van der Waals surface area contributed by atoms with E-state index in [2.05, 4.69) is 33.8 Å². The quantitative estimate of drug-likeness (QED) is 0.673. The molecule has 0 unspecified atom stereocenters. The zero-order valence-corrected chi connectivity index (χ0v) is 14.6. The van der Waals surface area contributed by atoms with Crippen LogP contribution in [0, 0.1) is 0 Å². The number of anilines is 2. The monoisotopic (exact) mass is 361 g/mol. The minimum atomic E-state index is -0.112. The van der Waals surface area contributed by atoms with E-state index in [0.717, 1.165) is 34.0 Å². The molecular formula is C20H15N3O2S. The maximum absolute atomic E-state index is 12.4. The van der Waals surface area contributed by atoms with Crippen LogP contribution in [0.15, 0.2) is 59.6 Å². The fourth-order valence-corrected chi connectivity index (χ4v) is 4.35. The van der Waals surface area contributed by atoms with E-state index in [4.69, 9.17) is 4.42 Å². The fourth-order valence-electron chi connectivity index (χ4n) is 3.26. The molecule has 0 saturated carbocycles. The Hall–Kier alpha value is -2.99. The highest BCUT2D eigenvalue weighted by Crippen LogP contribution is 2.36. The van der Waals surface area contributed by atoms with E-state index in [-0.39, 0.29) is 5.91 Å². The van der Waals surface area contributed by atoms with Gasteiger partial charge in [0.25, 0.3) is 5.91 Å². The molecule has 6 heteroatoms. The Kier molecular flexibility index (Phi) is 3.57. The van der Waals surface area contributed by atoms with E-state index >= 15 is 0 Å². The van der Waals surface area contributed by atoms with Crippen molar-refractivity contribution >= 4 is 34.6 Å². The minimum Gasteiger partial charge on any atom is -0.444 e. The molecule has 2 N–H and O–H groups in total. The predicted octanol–water partition coefficient (Wildman–Crippen LogP) is 4.49. The molecule has 0 fully saturated rings. The summed E-state index contributed by atoms with van der Waals surface area (Å²) in [7, 11) is 0. The van der Waals surface area contributed by atoms with Gasteiger partial charge in [-0.25, -0.2) is 4.98 Å². The van der Waals surface area contributed by atoms with Crippen LogP contribution < -0.4 is 10.6 Å². The van der Waals surface area contributed by atoms with Crippen molar-refractivity contribution in [1.29, 1.82) is 0 Å². The number of aromatic nitrogens is 1. The number of amides is 1. The number of benzene rings is 2. The Morgan fingerprint density at radius 2 is 2.08 bits per heavy atom. The number of fused-ring (bicyclic) bond motifs is 2. The molecule has 128 valence electrons. The fraction of sp³-hybridized carbons (Fsp3) is 0.100. The lowest BCUT2D eigenvalue weighted by Crippen LogP contribution is -2.05. The number of nitrogens with one attached hydrogen (secondary N) is 2. The van der Waals surface area contributed by atoms with Gasteiger partial charge in [0, 0.05) is 40.2 Å². The molecule has 1 amide bonds. The summed E-state index contributed by atoms with van der Waals surface area (Å²) in [6.07, 6.45) is 4.83. The molecule has 5 rings (SSSR count). The van der Waals surface area contributed by atoms with E-state index in [1.807, 2.05) is 30.0 Å². The topological polar surface area (TPSA) is 67.2 Å². The SMILES string of the molecule is O=C1Nc2ccc(-c3cnco3)cc2/C1=C\Nc1ccc2c(c1)CSC2. The Bertz CT molecular complexity index is 1040. The number of thioether (sulfide) groups is 1. The first-order valence-electron chi connectivity index (χ1n) is 8.29. The number of oxazole rings is 1. The van der Waals surface area contributed by atoms with Gasteiger partial charge >= 0.3 is 0 Å². The molecule has 0 spiro atoms. The lowest BCUT2D eigenvalue weighted by molar-refractivity contribution is -0.110. The van der Waals surface area contributed by atoms with Gasteiger partial charge in [0.1, 0.15) is 0 Å². The second kappa shape index (κ2) is 6.07. The highest BCUT2D eigenvalue weighted by atomic mass is 32.2. The number of carbonyl (C=O) groups is 1. The molecule has 0 radical (unpaired) electrons. The van der Waals surface area contributed by atoms with Gasteiger partial charge in [-0.1, -0.05) is 6.07 Å². The number of hydrogen-bond donors (Lipinski definition) is 2. The van der Waals surface area contributed by atoms with Crippen molar-refractivity contribution in [2.24, 2.45) is 0 Å². The summed E-state index contributed by atoms with van der Waals surface area (Å²) in [5.41, 5.74) is 6.90. The predicted molar refractivity (Wildman–Crippen MR) is 104 cm³/mol. The molecule has 2 aromatic carbocycles. The maximum atomic E-state index is 12.4. The van der Waals surface area contributed by atoms with Crippen molar-refractivity contribution < 1.29 is 9.21 Å². The summed E-state index contributed by atoms with van der Waals surface area (Å²) in [6.45, 7) is 0. The molecule has 5 nitrogen and oxygen atoms in total. The highest BCUT2D eigenvalue weighted by molar-refractivity contribution is 7.98. The lowest BCUT2D eigenvalue weighted by Gasteiger charge is -2.06. The minimum absolute atomic E-state index is 0.112. The van der Waals surface area contributed by atoms with Gasteiger partial charge < -0.3 is 15.1 Å². The highest BCUT2D eigenvalue weighted by Gasteiger charge is 2.25. The van der Waals surface area contributed by atoms with Gasteiger partial charge in [0.05, 0.1) is 11.8 Å². The van der Waals surface area contributed by atoms with Crippen LogP contribution in [0.2, 0.25) is 0 Å². The van der Waals surface area contributed by atoms with Crippen molar-refractivity contribution in [2.75, 3.05) is 10.6 Å². The van der Waals surface area contributed by atoms with Gasteiger partial charge in [-0.3, -0.25) is 4.79 Å². The van der Waals surface area contributed by atoms with Gasteiger partial charge in [0.2, 0.25) is 0 Å². The van der Waals surface area contributed by atoms with E-state index < -0.39 is 0 Å². The molecule has 3 heterocycles. The Morgan fingerprint density at radius 1 is 1.15 bits per heavy atom. The standard InChI is InChI=1S/C20H15N3O2S/c24-20-17(7-22-15-3-1-13-9-26-10-14(13)5-15)16-6-12(2-4-18(16)23-20)19-8-21-11-25-19/h1-8,11,22H,9-10H2,(H,23,24)/b17-7+. The molecule has 0 aliphatic carbocycles. The average Bonchev–Trinajstić information content (AvgIpc) is 3.39. The zero-order chi connectivity index (χ0) is 17.5. The van der Waals surface area contributed by atoms with Gasteiger partial charge in [-0.05, 0) is 41.5 Å². The number of nitrogens with zero attached hydrogens (tertiary/aromatic N) is 1. The van der Waals surface area contributed by atoms with Crippen molar-refractivity contribution in [3.63, 3.8) is 0 Å². The second-order valence-electron chi connectivity index (χ2n) is 6.26. The molecule has 26 heavy (non-hydrogen) atoms. The Balaban J connectivity index is 1.47. The Labute approximate surface area is 154 Å². The first-order valence-corrected chi connectivity index (χ1v) is 9.44. The van der Waals surface area contributed by atoms with Crippen LogP contribution in [0.25, 0.3) is 16.9 Å². The summed E-state index contributed by atoms with van der Waals surface area (Å²) < 4.78 is 5.36. The normalized spacial score (nSPS) is 16.5. The summed E-state index contributed by atoms with van der Waals surface area (Å²) in [4.78, 5) is 16.3. The van der Waals surface area contributed by atoms with Crippen LogP contribution in [-0.2, 0) is 16.3 Å². The number of rotatable bonds is 3. The molecule has 0 atom stereocenters. The third-order valence-corrected chi connectivity index (χ3v) is 5.65. The number of carbonyl (C=O) groups excluding carboxylic acids is 1. The summed E-state index contributed by atoms with van der Waals surface area (Å²) in [5, 5.41) is 6.18. The van der Waals surface area contributed by atoms with E-state index in [1.165, 1.54) is 17.5 Å². The molecule has 1 aromatic heterocycles. The van der Waals surface area contributed by atoms with E-state index in [0.29, 0.717) is 11.3 Å². The average molecular weight is 361 g/mol. The third kappa shape index (κ3) is 2.59.